The van der Waals surface area contributed by atoms with Gasteiger partial charge in [-0.25, -0.2) is 0 Å². The Bertz CT molecular complexity index is 197. The summed E-state index contributed by atoms with van der Waals surface area (Å²) in [6, 6.07) is 0. The van der Waals surface area contributed by atoms with Crippen molar-refractivity contribution >= 4 is 5.97 Å². The smallest absolute Gasteiger partial charge is 0.305 e. The van der Waals surface area contributed by atoms with Crippen LogP contribution in [-0.4, -0.2) is 13.1 Å². The summed E-state index contributed by atoms with van der Waals surface area (Å²) in [4.78, 5) is 10.8. The van der Waals surface area contributed by atoms with E-state index in [1.54, 1.807) is 0 Å². The molecule has 0 aromatic heterocycles. The monoisotopic (exact) mass is 240 g/mol. The van der Waals surface area contributed by atoms with Crippen LogP contribution in [0.25, 0.3) is 0 Å². The lowest BCUT2D eigenvalue weighted by atomic mass is 10.1. The summed E-state index contributed by atoms with van der Waals surface area (Å²) in [6.07, 6.45) is 16.2. The molecule has 0 N–H and O–H groups in total. The van der Waals surface area contributed by atoms with E-state index in [4.69, 9.17) is 0 Å². The summed E-state index contributed by atoms with van der Waals surface area (Å²) in [6.45, 7) is 2.17. The Hall–Kier alpha value is -0.790. The van der Waals surface area contributed by atoms with Crippen LogP contribution in [0.1, 0.15) is 71.1 Å². The van der Waals surface area contributed by atoms with Crippen LogP contribution >= 0.6 is 0 Å². The molecule has 0 unspecified atom stereocenters. The third-order valence-corrected chi connectivity index (χ3v) is 2.88. The van der Waals surface area contributed by atoms with Crippen LogP contribution in [0.4, 0.5) is 0 Å². The molecule has 0 atom stereocenters. The zero-order valence-corrected chi connectivity index (χ0v) is 11.5. The van der Waals surface area contributed by atoms with Gasteiger partial charge in [-0.3, -0.25) is 4.79 Å². The molecule has 0 radical (unpaired) electrons. The Kier molecular flexibility index (Phi) is 12.7. The highest BCUT2D eigenvalue weighted by Crippen LogP contribution is 2.10. The largest absolute Gasteiger partial charge is 0.469 e. The Morgan fingerprint density at radius 2 is 1.53 bits per heavy atom. The highest BCUT2D eigenvalue weighted by atomic mass is 16.5. The maximum atomic E-state index is 10.8. The number of carbonyl (C=O) groups excluding carboxylic acids is 1. The predicted molar refractivity (Wildman–Crippen MR) is 73.0 cm³/mol. The SMILES string of the molecule is CC/C=C\CCCCCCCCCC(=O)OC. The number of hydrogen-bond acceptors (Lipinski definition) is 2. The van der Waals surface area contributed by atoms with Crippen molar-refractivity contribution in [1.29, 1.82) is 0 Å². The molecule has 0 fully saturated rings. The summed E-state index contributed by atoms with van der Waals surface area (Å²) in [5.74, 6) is -0.0762. The van der Waals surface area contributed by atoms with Gasteiger partial charge in [-0.2, -0.15) is 0 Å². The van der Waals surface area contributed by atoms with E-state index in [0.717, 1.165) is 19.3 Å². The standard InChI is InChI=1S/C15H28O2/c1-3-4-5-6-7-8-9-10-11-12-13-14-15(16)17-2/h4-5H,3,6-14H2,1-2H3/b5-4-. The predicted octanol–water partition coefficient (Wildman–Crippen LogP) is 4.64. The molecular formula is C15H28O2. The molecule has 0 heterocycles. The van der Waals surface area contributed by atoms with Gasteiger partial charge in [0.1, 0.15) is 0 Å². The maximum Gasteiger partial charge on any atom is 0.305 e. The fourth-order valence-corrected chi connectivity index (χ4v) is 1.80. The van der Waals surface area contributed by atoms with Crippen LogP contribution in [0.2, 0.25) is 0 Å². The second-order valence-corrected chi connectivity index (χ2v) is 4.47. The zero-order valence-electron chi connectivity index (χ0n) is 11.5. The molecule has 0 bridgehead atoms. The third kappa shape index (κ3) is 13.1. The van der Waals surface area contributed by atoms with Gasteiger partial charge in [0.25, 0.3) is 0 Å². The summed E-state index contributed by atoms with van der Waals surface area (Å²) < 4.78 is 4.60. The van der Waals surface area contributed by atoms with Crippen molar-refractivity contribution in [2.75, 3.05) is 7.11 Å². The Morgan fingerprint density at radius 1 is 0.941 bits per heavy atom. The fraction of sp³-hybridized carbons (Fsp3) is 0.800. The molecule has 2 nitrogen and oxygen atoms in total. The van der Waals surface area contributed by atoms with Crippen molar-refractivity contribution in [2.45, 2.75) is 71.1 Å². The number of methoxy groups -OCH3 is 1. The fourth-order valence-electron chi connectivity index (χ4n) is 1.80. The first-order valence-corrected chi connectivity index (χ1v) is 7.03. The lowest BCUT2D eigenvalue weighted by Crippen LogP contribution is -1.99. The van der Waals surface area contributed by atoms with E-state index in [2.05, 4.69) is 23.8 Å². The first-order valence-electron chi connectivity index (χ1n) is 7.03. The van der Waals surface area contributed by atoms with Gasteiger partial charge in [0.15, 0.2) is 0 Å². The molecule has 0 saturated carbocycles. The number of allylic oxidation sites excluding steroid dienone is 2. The number of carbonyl (C=O) groups is 1. The highest BCUT2D eigenvalue weighted by Gasteiger charge is 1.98. The minimum Gasteiger partial charge on any atom is -0.469 e. The molecule has 0 aromatic carbocycles. The lowest BCUT2D eigenvalue weighted by molar-refractivity contribution is -0.140. The third-order valence-electron chi connectivity index (χ3n) is 2.88. The van der Waals surface area contributed by atoms with Crippen molar-refractivity contribution < 1.29 is 9.53 Å². The number of rotatable bonds is 11. The molecule has 0 spiro atoms. The minimum absolute atomic E-state index is 0.0762. The molecule has 0 aromatic rings. The van der Waals surface area contributed by atoms with Gasteiger partial charge in [-0.1, -0.05) is 51.2 Å². The molecule has 0 aliphatic heterocycles. The van der Waals surface area contributed by atoms with Gasteiger partial charge in [0, 0.05) is 6.42 Å². The molecule has 0 aliphatic carbocycles. The average Bonchev–Trinajstić information content (AvgIpc) is 2.35. The van der Waals surface area contributed by atoms with E-state index in [9.17, 15) is 4.79 Å². The first-order chi connectivity index (χ1) is 8.31. The molecular weight excluding hydrogens is 212 g/mol. The molecule has 0 aliphatic rings. The summed E-state index contributed by atoms with van der Waals surface area (Å²) >= 11 is 0. The van der Waals surface area contributed by atoms with E-state index in [0.29, 0.717) is 6.42 Å². The van der Waals surface area contributed by atoms with E-state index in [-0.39, 0.29) is 5.97 Å². The first kappa shape index (κ1) is 16.2. The summed E-state index contributed by atoms with van der Waals surface area (Å²) in [7, 11) is 1.45. The molecule has 17 heavy (non-hydrogen) atoms. The molecule has 0 rings (SSSR count). The van der Waals surface area contributed by atoms with Crippen molar-refractivity contribution in [2.24, 2.45) is 0 Å². The van der Waals surface area contributed by atoms with Gasteiger partial charge >= 0.3 is 5.97 Å². The number of esters is 1. The van der Waals surface area contributed by atoms with Crippen LogP contribution in [-0.2, 0) is 9.53 Å². The quantitative estimate of drug-likeness (QED) is 0.299. The highest BCUT2D eigenvalue weighted by molar-refractivity contribution is 5.68. The van der Waals surface area contributed by atoms with Crippen molar-refractivity contribution in [3.63, 3.8) is 0 Å². The zero-order chi connectivity index (χ0) is 12.8. The van der Waals surface area contributed by atoms with Crippen LogP contribution in [0.15, 0.2) is 12.2 Å². The average molecular weight is 240 g/mol. The summed E-state index contributed by atoms with van der Waals surface area (Å²) in [5, 5.41) is 0. The van der Waals surface area contributed by atoms with Gasteiger partial charge in [0.05, 0.1) is 7.11 Å². The number of unbranched alkanes of at least 4 members (excludes halogenated alkanes) is 7. The van der Waals surface area contributed by atoms with Crippen LogP contribution in [0.3, 0.4) is 0 Å². The second-order valence-electron chi connectivity index (χ2n) is 4.47. The molecule has 100 valence electrons. The maximum absolute atomic E-state index is 10.8. The van der Waals surface area contributed by atoms with E-state index in [1.807, 2.05) is 0 Å². The van der Waals surface area contributed by atoms with Crippen molar-refractivity contribution in [3.05, 3.63) is 12.2 Å². The molecule has 0 amide bonds. The van der Waals surface area contributed by atoms with Gasteiger partial charge in [-0.15, -0.1) is 0 Å². The number of hydrogen-bond donors (Lipinski definition) is 0. The Morgan fingerprint density at radius 3 is 2.12 bits per heavy atom. The van der Waals surface area contributed by atoms with E-state index >= 15 is 0 Å². The van der Waals surface area contributed by atoms with Crippen molar-refractivity contribution in [3.8, 4) is 0 Å². The number of ether oxygens (including phenoxy) is 1. The van der Waals surface area contributed by atoms with Gasteiger partial charge in [0.2, 0.25) is 0 Å². The Labute approximate surface area is 106 Å². The van der Waals surface area contributed by atoms with Crippen LogP contribution < -0.4 is 0 Å². The topological polar surface area (TPSA) is 26.3 Å². The second kappa shape index (κ2) is 13.3. The van der Waals surface area contributed by atoms with Gasteiger partial charge in [-0.05, 0) is 25.7 Å². The van der Waals surface area contributed by atoms with Crippen LogP contribution in [0, 0.1) is 0 Å². The van der Waals surface area contributed by atoms with E-state index < -0.39 is 0 Å². The van der Waals surface area contributed by atoms with Crippen LogP contribution in [0.5, 0.6) is 0 Å². The normalized spacial score (nSPS) is 10.9. The lowest BCUT2D eigenvalue weighted by Gasteiger charge is -2.01. The molecule has 2 heteroatoms. The van der Waals surface area contributed by atoms with Crippen molar-refractivity contribution in [1.82, 2.24) is 0 Å². The molecule has 0 saturated heterocycles. The minimum atomic E-state index is -0.0762. The Balaban J connectivity index is 3.03. The van der Waals surface area contributed by atoms with E-state index in [1.165, 1.54) is 45.6 Å². The summed E-state index contributed by atoms with van der Waals surface area (Å²) in [5.41, 5.74) is 0. The van der Waals surface area contributed by atoms with Gasteiger partial charge < -0.3 is 4.74 Å².